The van der Waals surface area contributed by atoms with E-state index in [0.717, 1.165) is 32.0 Å². The summed E-state index contributed by atoms with van der Waals surface area (Å²) in [5, 5.41) is 3.73. The van der Waals surface area contributed by atoms with Crippen LogP contribution in [0.25, 0.3) is 22.2 Å². The molecule has 4 aromatic rings. The van der Waals surface area contributed by atoms with Gasteiger partial charge in [0.1, 0.15) is 10.7 Å². The van der Waals surface area contributed by atoms with Crippen LogP contribution in [0.1, 0.15) is 12.0 Å². The van der Waals surface area contributed by atoms with E-state index in [2.05, 4.69) is 10.3 Å². The van der Waals surface area contributed by atoms with Crippen LogP contribution in [0.2, 0.25) is 0 Å². The maximum Gasteiger partial charge on any atom is 0.244 e. The predicted octanol–water partition coefficient (Wildman–Crippen LogP) is 4.80. The lowest BCUT2D eigenvalue weighted by atomic mass is 10.0. The van der Waals surface area contributed by atoms with Gasteiger partial charge in [0.05, 0.1) is 5.69 Å². The number of nitrogens with one attached hydrogen (secondary N) is 2. The normalized spacial score (nSPS) is 11.8. The number of rotatable bonds is 7. The first kappa shape index (κ1) is 22.7. The topological polar surface area (TPSA) is 82.3 Å². The first-order valence-electron chi connectivity index (χ1n) is 10.4. The summed E-state index contributed by atoms with van der Waals surface area (Å²) in [4.78, 5) is 16.2. The summed E-state index contributed by atoms with van der Waals surface area (Å²) in [5.74, 6) is -0.617. The molecule has 0 fully saturated rings. The number of sulfonamides is 1. The van der Waals surface area contributed by atoms with E-state index in [1.807, 2.05) is 24.3 Å². The molecule has 0 radical (unpaired) electrons. The van der Waals surface area contributed by atoms with E-state index in [1.54, 1.807) is 30.3 Å². The Bertz CT molecular complexity index is 1410. The highest BCUT2D eigenvalue weighted by Crippen LogP contribution is 2.32. The second-order valence-electron chi connectivity index (χ2n) is 7.86. The molecule has 2 N–H and O–H groups in total. The number of aryl methyl sites for hydroxylation is 1. The van der Waals surface area contributed by atoms with Crippen molar-refractivity contribution in [1.82, 2.24) is 9.29 Å². The van der Waals surface area contributed by atoms with E-state index in [-0.39, 0.29) is 28.7 Å². The molecular weight excluding hydrogens is 441 g/mol. The minimum Gasteiger partial charge on any atom is -0.354 e. The van der Waals surface area contributed by atoms with Crippen LogP contribution in [0.4, 0.5) is 10.1 Å². The van der Waals surface area contributed by atoms with Crippen molar-refractivity contribution in [2.45, 2.75) is 17.7 Å². The average molecular weight is 466 g/mol. The number of halogens is 1. The number of amides is 1. The number of para-hydroxylation sites is 2. The highest BCUT2D eigenvalue weighted by Gasteiger charge is 2.22. The van der Waals surface area contributed by atoms with Gasteiger partial charge in [0.2, 0.25) is 15.9 Å². The van der Waals surface area contributed by atoms with E-state index in [9.17, 15) is 17.6 Å². The molecule has 0 aliphatic rings. The summed E-state index contributed by atoms with van der Waals surface area (Å²) in [6.45, 7) is 0. The van der Waals surface area contributed by atoms with E-state index < -0.39 is 10.0 Å². The number of hydrogen-bond donors (Lipinski definition) is 2. The highest BCUT2D eigenvalue weighted by atomic mass is 32.2. The average Bonchev–Trinajstić information content (AvgIpc) is 3.17. The molecule has 1 heterocycles. The summed E-state index contributed by atoms with van der Waals surface area (Å²) < 4.78 is 39.7. The van der Waals surface area contributed by atoms with Gasteiger partial charge < -0.3 is 10.3 Å². The fraction of sp³-hybridized carbons (Fsp3) is 0.160. The molecule has 0 unspecified atom stereocenters. The van der Waals surface area contributed by atoms with Crippen LogP contribution in [0.15, 0.2) is 77.7 Å². The molecule has 3 aromatic carbocycles. The van der Waals surface area contributed by atoms with Crippen LogP contribution < -0.4 is 5.32 Å². The smallest absolute Gasteiger partial charge is 0.244 e. The van der Waals surface area contributed by atoms with Crippen LogP contribution in [-0.4, -0.2) is 37.7 Å². The monoisotopic (exact) mass is 465 g/mol. The Balaban J connectivity index is 1.60. The molecule has 33 heavy (non-hydrogen) atoms. The van der Waals surface area contributed by atoms with Gasteiger partial charge in [0, 0.05) is 37.1 Å². The summed E-state index contributed by atoms with van der Waals surface area (Å²) in [5.41, 5.74) is 3.77. The Morgan fingerprint density at radius 2 is 1.64 bits per heavy atom. The first-order chi connectivity index (χ1) is 15.8. The molecule has 0 saturated carbocycles. The van der Waals surface area contributed by atoms with Crippen molar-refractivity contribution >= 4 is 32.5 Å². The van der Waals surface area contributed by atoms with E-state index in [4.69, 9.17) is 0 Å². The summed E-state index contributed by atoms with van der Waals surface area (Å²) in [6, 6.07) is 20.3. The minimum atomic E-state index is -3.70. The molecule has 0 bridgehead atoms. The lowest BCUT2D eigenvalue weighted by Crippen LogP contribution is -2.24. The second kappa shape index (κ2) is 9.17. The fourth-order valence-electron chi connectivity index (χ4n) is 3.77. The van der Waals surface area contributed by atoms with Crippen LogP contribution in [0, 0.1) is 5.82 Å². The van der Waals surface area contributed by atoms with E-state index in [0.29, 0.717) is 6.42 Å². The van der Waals surface area contributed by atoms with Gasteiger partial charge in [-0.25, -0.2) is 17.1 Å². The third-order valence-electron chi connectivity index (χ3n) is 5.47. The molecule has 0 spiro atoms. The predicted molar refractivity (Wildman–Crippen MR) is 128 cm³/mol. The van der Waals surface area contributed by atoms with Crippen molar-refractivity contribution in [3.63, 3.8) is 0 Å². The molecule has 4 rings (SSSR count). The molecule has 170 valence electrons. The Morgan fingerprint density at radius 1 is 0.970 bits per heavy atom. The van der Waals surface area contributed by atoms with E-state index >= 15 is 0 Å². The summed E-state index contributed by atoms with van der Waals surface area (Å²) in [7, 11) is -0.811. The van der Waals surface area contributed by atoms with Gasteiger partial charge >= 0.3 is 0 Å². The number of fused-ring (bicyclic) bond motifs is 1. The molecule has 8 heteroatoms. The van der Waals surface area contributed by atoms with Gasteiger partial charge in [-0.15, -0.1) is 0 Å². The lowest BCUT2D eigenvalue weighted by Gasteiger charge is -2.15. The van der Waals surface area contributed by atoms with Crippen molar-refractivity contribution in [3.05, 3.63) is 84.2 Å². The van der Waals surface area contributed by atoms with Gasteiger partial charge in [-0.2, -0.15) is 0 Å². The fourth-order valence-corrected chi connectivity index (χ4v) is 4.81. The first-order valence-corrected chi connectivity index (χ1v) is 11.9. The Kier molecular flexibility index (Phi) is 6.31. The van der Waals surface area contributed by atoms with Crippen LogP contribution >= 0.6 is 0 Å². The number of benzene rings is 3. The van der Waals surface area contributed by atoms with Gasteiger partial charge in [-0.05, 0) is 60.0 Å². The Labute approximate surface area is 192 Å². The number of nitrogens with zero attached hydrogens (tertiary/aromatic N) is 1. The van der Waals surface area contributed by atoms with Crippen molar-refractivity contribution in [2.24, 2.45) is 0 Å². The van der Waals surface area contributed by atoms with Crippen molar-refractivity contribution in [3.8, 4) is 11.3 Å². The number of carbonyl (C=O) groups is 1. The van der Waals surface area contributed by atoms with Gasteiger partial charge in [-0.3, -0.25) is 4.79 Å². The molecule has 0 aliphatic heterocycles. The third-order valence-corrected chi connectivity index (χ3v) is 7.34. The number of carbonyl (C=O) groups excluding carboxylic acids is 1. The molecule has 0 aliphatic carbocycles. The zero-order valence-corrected chi connectivity index (χ0v) is 19.1. The zero-order chi connectivity index (χ0) is 23.6. The number of H-pyrrole nitrogens is 1. The second-order valence-corrected chi connectivity index (χ2v) is 9.98. The largest absolute Gasteiger partial charge is 0.354 e. The van der Waals surface area contributed by atoms with E-state index in [1.165, 1.54) is 32.3 Å². The molecule has 1 amide bonds. The van der Waals surface area contributed by atoms with Gasteiger partial charge in [-0.1, -0.05) is 30.3 Å². The van der Waals surface area contributed by atoms with Crippen LogP contribution in [0.5, 0.6) is 0 Å². The van der Waals surface area contributed by atoms with Crippen molar-refractivity contribution in [2.75, 3.05) is 19.4 Å². The minimum absolute atomic E-state index is 0.0439. The lowest BCUT2D eigenvalue weighted by molar-refractivity contribution is -0.116. The van der Waals surface area contributed by atoms with Crippen molar-refractivity contribution < 1.29 is 17.6 Å². The Morgan fingerprint density at radius 3 is 2.36 bits per heavy atom. The molecule has 1 aromatic heterocycles. The standard InChI is InChI=1S/C25H24FN3O3S/c1-29(2)33(31,32)23-10-6-5-9-22(23)27-24(30)16-15-20-19-7-3-4-8-21(19)28-25(20)17-11-13-18(26)14-12-17/h3-14,28H,15-16H2,1-2H3,(H,27,30). The van der Waals surface area contributed by atoms with Crippen LogP contribution in [0.3, 0.4) is 0 Å². The maximum atomic E-state index is 13.4. The van der Waals surface area contributed by atoms with Crippen molar-refractivity contribution in [1.29, 1.82) is 0 Å². The summed E-state index contributed by atoms with van der Waals surface area (Å²) >= 11 is 0. The molecule has 0 atom stereocenters. The quantitative estimate of drug-likeness (QED) is 0.412. The van der Waals surface area contributed by atoms with Crippen LogP contribution in [-0.2, 0) is 21.2 Å². The SMILES string of the molecule is CN(C)S(=O)(=O)c1ccccc1NC(=O)CCc1c(-c2ccc(F)cc2)[nH]c2ccccc12. The molecular formula is C25H24FN3O3S. The van der Waals surface area contributed by atoms with Gasteiger partial charge in [0.25, 0.3) is 0 Å². The molecule has 0 saturated heterocycles. The molecule has 6 nitrogen and oxygen atoms in total. The number of hydrogen-bond acceptors (Lipinski definition) is 3. The maximum absolute atomic E-state index is 13.4. The Hall–Kier alpha value is -3.49. The van der Waals surface area contributed by atoms with Gasteiger partial charge in [0.15, 0.2) is 0 Å². The number of aromatic nitrogens is 1. The highest BCUT2D eigenvalue weighted by molar-refractivity contribution is 7.89. The number of aromatic amines is 1. The number of anilines is 1. The zero-order valence-electron chi connectivity index (χ0n) is 18.3. The third kappa shape index (κ3) is 4.67. The summed E-state index contributed by atoms with van der Waals surface area (Å²) in [6.07, 6.45) is 0.567.